The third-order valence-corrected chi connectivity index (χ3v) is 5.65. The van der Waals surface area contributed by atoms with E-state index < -0.39 is 5.91 Å². The van der Waals surface area contributed by atoms with Crippen molar-refractivity contribution in [3.05, 3.63) is 57.8 Å². The highest BCUT2D eigenvalue weighted by atomic mass is 16.5. The third kappa shape index (κ3) is 4.29. The highest BCUT2D eigenvalue weighted by Crippen LogP contribution is 2.23. The van der Waals surface area contributed by atoms with Crippen LogP contribution in [0.3, 0.4) is 0 Å². The summed E-state index contributed by atoms with van der Waals surface area (Å²) < 4.78 is 12.0. The van der Waals surface area contributed by atoms with Gasteiger partial charge >= 0.3 is 0 Å². The van der Waals surface area contributed by atoms with Gasteiger partial charge in [-0.15, -0.1) is 0 Å². The van der Waals surface area contributed by atoms with Crippen LogP contribution in [0.2, 0.25) is 0 Å². The highest BCUT2D eigenvalue weighted by molar-refractivity contribution is 6.12. The number of hydrogen-bond donors (Lipinski definition) is 1. The van der Waals surface area contributed by atoms with Crippen molar-refractivity contribution in [2.45, 2.75) is 32.7 Å². The molecule has 1 N–H and O–H groups in total. The first-order valence-electron chi connectivity index (χ1n) is 10.7. The van der Waals surface area contributed by atoms with Crippen LogP contribution in [-0.2, 0) is 11.3 Å². The third-order valence-electron chi connectivity index (χ3n) is 5.65. The van der Waals surface area contributed by atoms with Gasteiger partial charge < -0.3 is 19.4 Å². The van der Waals surface area contributed by atoms with E-state index in [1.807, 2.05) is 4.90 Å². The molecule has 1 aliphatic heterocycles. The normalized spacial score (nSPS) is 14.0. The number of methoxy groups -OCH3 is 1. The molecule has 1 aliphatic rings. The van der Waals surface area contributed by atoms with Crippen molar-refractivity contribution < 1.29 is 18.7 Å². The maximum Gasteiger partial charge on any atom is 0.265 e. The van der Waals surface area contributed by atoms with E-state index in [0.717, 1.165) is 32.4 Å². The van der Waals surface area contributed by atoms with Gasteiger partial charge in [-0.05, 0) is 50.5 Å². The van der Waals surface area contributed by atoms with E-state index in [1.54, 1.807) is 38.3 Å². The second-order valence-corrected chi connectivity index (χ2v) is 7.83. The van der Waals surface area contributed by atoms with Crippen molar-refractivity contribution >= 4 is 28.6 Å². The van der Waals surface area contributed by atoms with E-state index in [2.05, 4.69) is 10.3 Å². The molecule has 3 aromatic rings. The number of amides is 2. The van der Waals surface area contributed by atoms with Gasteiger partial charge in [-0.3, -0.25) is 19.0 Å². The fraction of sp³-hybridized carbons (Fsp3) is 0.391. The number of nitrogens with one attached hydrogen (secondary N) is 1. The Kier molecular flexibility index (Phi) is 6.36. The van der Waals surface area contributed by atoms with Gasteiger partial charge in [-0.25, -0.2) is 4.98 Å². The van der Waals surface area contributed by atoms with Crippen molar-refractivity contribution in [3.8, 4) is 0 Å². The molecule has 0 atom stereocenters. The summed E-state index contributed by atoms with van der Waals surface area (Å²) >= 11 is 0. The van der Waals surface area contributed by atoms with Crippen LogP contribution in [0.15, 0.2) is 39.8 Å². The number of aryl methyl sites for hydroxylation is 1. The number of ether oxygens (including phenoxy) is 1. The molecule has 32 heavy (non-hydrogen) atoms. The van der Waals surface area contributed by atoms with Crippen LogP contribution in [-0.4, -0.2) is 53.1 Å². The smallest absolute Gasteiger partial charge is 0.265 e. The molecule has 4 rings (SSSR count). The molecule has 9 heteroatoms. The Hall–Kier alpha value is -3.46. The summed E-state index contributed by atoms with van der Waals surface area (Å²) in [5.41, 5.74) is 1.01. The fourth-order valence-electron chi connectivity index (χ4n) is 3.93. The zero-order valence-corrected chi connectivity index (χ0v) is 18.2. The zero-order chi connectivity index (χ0) is 22.7. The second kappa shape index (κ2) is 9.35. The molecule has 3 heterocycles. The summed E-state index contributed by atoms with van der Waals surface area (Å²) in [6, 6.07) is 6.77. The number of benzene rings is 1. The zero-order valence-electron chi connectivity index (χ0n) is 18.2. The molecule has 1 aromatic carbocycles. The lowest BCUT2D eigenvalue weighted by Gasteiger charge is -2.26. The number of aromatic nitrogens is 2. The maximum atomic E-state index is 13.0. The number of furan rings is 1. The number of rotatable bonds is 6. The molecular formula is C23H26N4O5. The van der Waals surface area contributed by atoms with Crippen LogP contribution in [0.25, 0.3) is 11.1 Å². The Balaban J connectivity index is 1.55. The van der Waals surface area contributed by atoms with Gasteiger partial charge in [0.05, 0.1) is 18.7 Å². The first kappa shape index (κ1) is 21.8. The van der Waals surface area contributed by atoms with Gasteiger partial charge in [0.25, 0.3) is 17.4 Å². The lowest BCUT2D eigenvalue weighted by Crippen LogP contribution is -2.35. The van der Waals surface area contributed by atoms with Crippen molar-refractivity contribution in [2.75, 3.05) is 32.1 Å². The number of carbonyl (C=O) groups excluding carboxylic acids is 2. The molecular weight excluding hydrogens is 412 g/mol. The lowest BCUT2D eigenvalue weighted by molar-refractivity contribution is 0.0724. The van der Waals surface area contributed by atoms with Crippen LogP contribution < -0.4 is 10.9 Å². The Labute approximate surface area is 185 Å². The maximum absolute atomic E-state index is 13.0. The summed E-state index contributed by atoms with van der Waals surface area (Å²) in [5, 5.41) is 2.92. The minimum Gasteiger partial charge on any atom is -0.442 e. The Bertz CT molecular complexity index is 1190. The van der Waals surface area contributed by atoms with Gasteiger partial charge in [0.2, 0.25) is 5.71 Å². The van der Waals surface area contributed by atoms with Gasteiger partial charge in [0.15, 0.2) is 0 Å². The standard InChI is InChI=1S/C23H26N4O5/c1-15-18(19-21(32-15)24-14-27(23(19)30)12-13-31-2)20(28)25-17-8-6-16(7-9-17)22(29)26-10-4-3-5-11-26/h6-9,14H,3-5,10-13H2,1-2H3,(H,25,28). The van der Waals surface area contributed by atoms with Crippen molar-refractivity contribution in [3.63, 3.8) is 0 Å². The van der Waals surface area contributed by atoms with Crippen molar-refractivity contribution in [1.82, 2.24) is 14.5 Å². The topological polar surface area (TPSA) is 107 Å². The molecule has 0 aliphatic carbocycles. The predicted octanol–water partition coefficient (Wildman–Crippen LogP) is 2.82. The summed E-state index contributed by atoms with van der Waals surface area (Å²) in [6.07, 6.45) is 4.59. The molecule has 0 unspecified atom stereocenters. The number of hydrogen-bond acceptors (Lipinski definition) is 6. The average Bonchev–Trinajstić information content (AvgIpc) is 3.16. The van der Waals surface area contributed by atoms with Crippen molar-refractivity contribution in [1.29, 1.82) is 0 Å². The number of carbonyl (C=O) groups is 2. The first-order chi connectivity index (χ1) is 15.5. The number of nitrogens with zero attached hydrogens (tertiary/aromatic N) is 3. The predicted molar refractivity (Wildman–Crippen MR) is 119 cm³/mol. The molecule has 0 saturated carbocycles. The second-order valence-electron chi connectivity index (χ2n) is 7.83. The minimum absolute atomic E-state index is 0.00179. The Morgan fingerprint density at radius 2 is 1.88 bits per heavy atom. The van der Waals surface area contributed by atoms with E-state index in [9.17, 15) is 14.4 Å². The van der Waals surface area contributed by atoms with Gasteiger partial charge in [0.1, 0.15) is 17.5 Å². The van der Waals surface area contributed by atoms with E-state index in [1.165, 1.54) is 10.9 Å². The lowest BCUT2D eigenvalue weighted by atomic mass is 10.1. The molecule has 168 valence electrons. The molecule has 1 fully saturated rings. The minimum atomic E-state index is -0.472. The summed E-state index contributed by atoms with van der Waals surface area (Å²) in [7, 11) is 1.54. The SMILES string of the molecule is COCCn1cnc2oc(C)c(C(=O)Nc3ccc(C(=O)N4CCCCC4)cc3)c2c1=O. The van der Waals surface area contributed by atoms with E-state index in [-0.39, 0.29) is 28.1 Å². The van der Waals surface area contributed by atoms with E-state index >= 15 is 0 Å². The van der Waals surface area contributed by atoms with Gasteiger partial charge in [-0.1, -0.05) is 0 Å². The number of piperidine rings is 1. The van der Waals surface area contributed by atoms with E-state index in [4.69, 9.17) is 9.15 Å². The van der Waals surface area contributed by atoms with Gasteiger partial charge in [-0.2, -0.15) is 0 Å². The fourth-order valence-corrected chi connectivity index (χ4v) is 3.93. The molecule has 0 radical (unpaired) electrons. The van der Waals surface area contributed by atoms with E-state index in [0.29, 0.717) is 30.2 Å². The molecule has 2 aromatic heterocycles. The Morgan fingerprint density at radius 3 is 2.56 bits per heavy atom. The molecule has 2 amide bonds. The average molecular weight is 438 g/mol. The monoisotopic (exact) mass is 438 g/mol. The molecule has 1 saturated heterocycles. The van der Waals surface area contributed by atoms with Crippen LogP contribution in [0.4, 0.5) is 5.69 Å². The van der Waals surface area contributed by atoms with Crippen LogP contribution in [0.1, 0.15) is 45.7 Å². The number of likely N-dealkylation sites (tertiary alicyclic amines) is 1. The summed E-state index contributed by atoms with van der Waals surface area (Å²) in [4.78, 5) is 44.5. The summed E-state index contributed by atoms with van der Waals surface area (Å²) in [5.74, 6) is -0.162. The molecule has 0 bridgehead atoms. The highest BCUT2D eigenvalue weighted by Gasteiger charge is 2.23. The van der Waals surface area contributed by atoms with Crippen molar-refractivity contribution in [2.24, 2.45) is 0 Å². The van der Waals surface area contributed by atoms with Crippen LogP contribution >= 0.6 is 0 Å². The quantitative estimate of drug-likeness (QED) is 0.634. The number of fused-ring (bicyclic) bond motifs is 1. The molecule has 9 nitrogen and oxygen atoms in total. The summed E-state index contributed by atoms with van der Waals surface area (Å²) in [6.45, 7) is 3.83. The largest absolute Gasteiger partial charge is 0.442 e. The number of anilines is 1. The Morgan fingerprint density at radius 1 is 1.16 bits per heavy atom. The van der Waals surface area contributed by atoms with Crippen LogP contribution in [0.5, 0.6) is 0 Å². The van der Waals surface area contributed by atoms with Gasteiger partial charge in [0, 0.05) is 31.5 Å². The first-order valence-corrected chi connectivity index (χ1v) is 10.7. The van der Waals surface area contributed by atoms with Crippen LogP contribution in [0, 0.1) is 6.92 Å². The molecule has 0 spiro atoms.